The molecule has 0 bridgehead atoms. The van der Waals surface area contributed by atoms with Crippen molar-refractivity contribution >= 4 is 48.9 Å². The number of fused-ring (bicyclic) bond motifs is 1. The van der Waals surface area contributed by atoms with Gasteiger partial charge in [-0.2, -0.15) is 0 Å². The van der Waals surface area contributed by atoms with E-state index in [0.717, 1.165) is 21.5 Å². The molecule has 0 amide bonds. The summed E-state index contributed by atoms with van der Waals surface area (Å²) >= 11 is 4.88. The van der Waals surface area contributed by atoms with Gasteiger partial charge in [0, 0.05) is 18.3 Å². The first-order chi connectivity index (χ1) is 10.1. The number of benzene rings is 2. The molecule has 1 N–H and O–H groups in total. The van der Waals surface area contributed by atoms with E-state index in [1.807, 2.05) is 29.8 Å². The van der Waals surface area contributed by atoms with E-state index in [0.29, 0.717) is 11.0 Å². The SMILES string of the molecule is O=[N+]([O-])c1cccc(CNc2ccc3ncsc3c2)c1Br. The number of thiazole rings is 1. The van der Waals surface area contributed by atoms with Crippen molar-refractivity contribution in [3.05, 3.63) is 62.1 Å². The van der Waals surface area contributed by atoms with Crippen LogP contribution in [0.4, 0.5) is 11.4 Å². The fraction of sp³-hybridized carbons (Fsp3) is 0.0714. The highest BCUT2D eigenvalue weighted by atomic mass is 79.9. The molecule has 0 radical (unpaired) electrons. The first-order valence-electron chi connectivity index (χ1n) is 6.14. The molecule has 7 heteroatoms. The van der Waals surface area contributed by atoms with Crippen molar-refractivity contribution in [2.75, 3.05) is 5.32 Å². The van der Waals surface area contributed by atoms with Crippen LogP contribution in [0.3, 0.4) is 0 Å². The predicted octanol–water partition coefficient (Wildman–Crippen LogP) is 4.58. The van der Waals surface area contributed by atoms with E-state index in [4.69, 9.17) is 0 Å². The molecule has 0 spiro atoms. The van der Waals surface area contributed by atoms with Gasteiger partial charge in [-0.05, 0) is 39.7 Å². The monoisotopic (exact) mass is 363 g/mol. The molecule has 0 atom stereocenters. The summed E-state index contributed by atoms with van der Waals surface area (Å²) in [5, 5.41) is 14.2. The van der Waals surface area contributed by atoms with Crippen molar-refractivity contribution in [2.24, 2.45) is 0 Å². The minimum absolute atomic E-state index is 0.0761. The molecule has 1 heterocycles. The van der Waals surface area contributed by atoms with E-state index in [1.165, 1.54) is 6.07 Å². The Morgan fingerprint density at radius 2 is 2.19 bits per heavy atom. The number of nitro groups is 1. The first kappa shape index (κ1) is 14.0. The standard InChI is InChI=1S/C14H10BrN3O2S/c15-14-9(2-1-3-12(14)18(19)20)7-16-10-4-5-11-13(6-10)21-8-17-11/h1-6,8,16H,7H2. The molecule has 3 rings (SSSR count). The Morgan fingerprint density at radius 1 is 1.33 bits per heavy atom. The minimum atomic E-state index is -0.392. The third-order valence-electron chi connectivity index (χ3n) is 3.07. The Bertz CT molecular complexity index is 819. The molecule has 3 aromatic rings. The van der Waals surface area contributed by atoms with Crippen LogP contribution < -0.4 is 5.32 Å². The Balaban J connectivity index is 1.81. The smallest absolute Gasteiger partial charge is 0.283 e. The summed E-state index contributed by atoms with van der Waals surface area (Å²) in [6.07, 6.45) is 0. The van der Waals surface area contributed by atoms with Gasteiger partial charge in [-0.3, -0.25) is 10.1 Å². The number of halogens is 1. The maximum atomic E-state index is 10.9. The summed E-state index contributed by atoms with van der Waals surface area (Å²) in [7, 11) is 0. The van der Waals surface area contributed by atoms with Crippen molar-refractivity contribution < 1.29 is 4.92 Å². The molecule has 0 aliphatic heterocycles. The van der Waals surface area contributed by atoms with Crippen molar-refractivity contribution in [1.82, 2.24) is 4.98 Å². The average molecular weight is 364 g/mol. The van der Waals surface area contributed by atoms with Gasteiger partial charge in [0.25, 0.3) is 5.69 Å². The van der Waals surface area contributed by atoms with Crippen molar-refractivity contribution in [1.29, 1.82) is 0 Å². The lowest BCUT2D eigenvalue weighted by atomic mass is 10.2. The van der Waals surface area contributed by atoms with Crippen LogP contribution in [0.1, 0.15) is 5.56 Å². The number of nitro benzene ring substituents is 1. The topological polar surface area (TPSA) is 68.1 Å². The Labute approximate surface area is 132 Å². The molecule has 0 saturated heterocycles. The average Bonchev–Trinajstić information content (AvgIpc) is 2.93. The lowest BCUT2D eigenvalue weighted by molar-refractivity contribution is -0.385. The Hall–Kier alpha value is -1.99. The number of nitrogens with zero attached hydrogens (tertiary/aromatic N) is 2. The predicted molar refractivity (Wildman–Crippen MR) is 87.7 cm³/mol. The third kappa shape index (κ3) is 2.88. The zero-order valence-corrected chi connectivity index (χ0v) is 13.1. The van der Waals surface area contributed by atoms with Gasteiger partial charge in [-0.25, -0.2) is 4.98 Å². The molecule has 0 fully saturated rings. The lowest BCUT2D eigenvalue weighted by Gasteiger charge is -2.08. The van der Waals surface area contributed by atoms with Gasteiger partial charge in [-0.15, -0.1) is 11.3 Å². The van der Waals surface area contributed by atoms with Crippen LogP contribution in [0.15, 0.2) is 46.4 Å². The summed E-state index contributed by atoms with van der Waals surface area (Å²) in [6.45, 7) is 0.507. The number of nitrogens with one attached hydrogen (secondary N) is 1. The van der Waals surface area contributed by atoms with Gasteiger partial charge in [0.1, 0.15) is 4.47 Å². The largest absolute Gasteiger partial charge is 0.381 e. The van der Waals surface area contributed by atoms with Gasteiger partial charge in [-0.1, -0.05) is 12.1 Å². The van der Waals surface area contributed by atoms with Gasteiger partial charge in [0.2, 0.25) is 0 Å². The molecule has 5 nitrogen and oxygen atoms in total. The maximum Gasteiger partial charge on any atom is 0.283 e. The molecule has 0 aliphatic carbocycles. The highest BCUT2D eigenvalue weighted by Gasteiger charge is 2.14. The summed E-state index contributed by atoms with van der Waals surface area (Å²) in [5.41, 5.74) is 4.67. The Morgan fingerprint density at radius 3 is 3.00 bits per heavy atom. The zero-order chi connectivity index (χ0) is 14.8. The van der Waals surface area contributed by atoms with Crippen molar-refractivity contribution in [3.8, 4) is 0 Å². The van der Waals surface area contributed by atoms with Crippen molar-refractivity contribution in [3.63, 3.8) is 0 Å². The number of aromatic nitrogens is 1. The van der Waals surface area contributed by atoms with E-state index < -0.39 is 4.92 Å². The van der Waals surface area contributed by atoms with Crippen LogP contribution in [0.5, 0.6) is 0 Å². The second-order valence-corrected chi connectivity index (χ2v) is 6.08. The Kier molecular flexibility index (Phi) is 3.85. The van der Waals surface area contributed by atoms with Crippen LogP contribution in [0, 0.1) is 10.1 Å². The van der Waals surface area contributed by atoms with Crippen LogP contribution in [0.25, 0.3) is 10.2 Å². The molecule has 0 saturated carbocycles. The van der Waals surface area contributed by atoms with E-state index in [2.05, 4.69) is 26.2 Å². The minimum Gasteiger partial charge on any atom is -0.381 e. The lowest BCUT2D eigenvalue weighted by Crippen LogP contribution is -2.01. The molecular formula is C14H10BrN3O2S. The van der Waals surface area contributed by atoms with Crippen LogP contribution in [-0.4, -0.2) is 9.91 Å². The maximum absolute atomic E-state index is 10.9. The van der Waals surface area contributed by atoms with Gasteiger partial charge in [0.15, 0.2) is 0 Å². The summed E-state index contributed by atoms with van der Waals surface area (Å²) < 4.78 is 1.62. The van der Waals surface area contributed by atoms with Crippen LogP contribution in [0.2, 0.25) is 0 Å². The van der Waals surface area contributed by atoms with Gasteiger partial charge in [0.05, 0.1) is 20.7 Å². The highest BCUT2D eigenvalue weighted by molar-refractivity contribution is 9.10. The zero-order valence-electron chi connectivity index (χ0n) is 10.7. The first-order valence-corrected chi connectivity index (χ1v) is 7.81. The second kappa shape index (κ2) is 5.79. The number of hydrogen-bond acceptors (Lipinski definition) is 5. The number of rotatable bonds is 4. The van der Waals surface area contributed by atoms with Crippen LogP contribution >= 0.6 is 27.3 Å². The molecule has 106 valence electrons. The van der Waals surface area contributed by atoms with E-state index >= 15 is 0 Å². The van der Waals surface area contributed by atoms with E-state index in [1.54, 1.807) is 17.4 Å². The highest BCUT2D eigenvalue weighted by Crippen LogP contribution is 2.29. The van der Waals surface area contributed by atoms with Crippen molar-refractivity contribution in [2.45, 2.75) is 6.54 Å². The van der Waals surface area contributed by atoms with Gasteiger partial charge >= 0.3 is 0 Å². The second-order valence-electron chi connectivity index (χ2n) is 4.40. The molecule has 0 unspecified atom stereocenters. The normalized spacial score (nSPS) is 10.7. The molecular weight excluding hydrogens is 354 g/mol. The summed E-state index contributed by atoms with van der Waals surface area (Å²) in [6, 6.07) is 11.0. The van der Waals surface area contributed by atoms with Crippen LogP contribution in [-0.2, 0) is 6.54 Å². The molecule has 1 aromatic heterocycles. The fourth-order valence-electron chi connectivity index (χ4n) is 2.01. The number of anilines is 1. The molecule has 2 aromatic carbocycles. The molecule has 0 aliphatic rings. The van der Waals surface area contributed by atoms with E-state index in [9.17, 15) is 10.1 Å². The third-order valence-corrected chi connectivity index (χ3v) is 4.78. The van der Waals surface area contributed by atoms with Gasteiger partial charge < -0.3 is 5.32 Å². The summed E-state index contributed by atoms with van der Waals surface area (Å²) in [4.78, 5) is 14.8. The molecule has 21 heavy (non-hydrogen) atoms. The van der Waals surface area contributed by atoms with E-state index in [-0.39, 0.29) is 5.69 Å². The quantitative estimate of drug-likeness (QED) is 0.544. The fourth-order valence-corrected chi connectivity index (χ4v) is 3.27. The summed E-state index contributed by atoms with van der Waals surface area (Å²) in [5.74, 6) is 0. The number of hydrogen-bond donors (Lipinski definition) is 1.